The van der Waals surface area contributed by atoms with Crippen LogP contribution in [0.2, 0.25) is 0 Å². The standard InChI is InChI=1S/C13H16ClN3O2/c1-3-19-10-6-4-5-9-12(10)16-11(7-14)17(9)8(2)13(15)18/h4-6,8H,3,7H2,1-2H3,(H2,15,18). The number of ether oxygens (including phenoxy) is 1. The van der Waals surface area contributed by atoms with Crippen molar-refractivity contribution >= 4 is 28.5 Å². The van der Waals surface area contributed by atoms with Crippen molar-refractivity contribution < 1.29 is 9.53 Å². The second kappa shape index (κ2) is 5.48. The molecule has 5 nitrogen and oxygen atoms in total. The fraction of sp³-hybridized carbons (Fsp3) is 0.385. The van der Waals surface area contributed by atoms with Crippen LogP contribution >= 0.6 is 11.6 Å². The lowest BCUT2D eigenvalue weighted by atomic mass is 10.2. The van der Waals surface area contributed by atoms with E-state index in [1.54, 1.807) is 11.5 Å². The zero-order chi connectivity index (χ0) is 14.0. The van der Waals surface area contributed by atoms with Crippen LogP contribution in [0.4, 0.5) is 0 Å². The van der Waals surface area contributed by atoms with Gasteiger partial charge in [-0.25, -0.2) is 4.98 Å². The Morgan fingerprint density at radius 1 is 1.58 bits per heavy atom. The number of carbonyl (C=O) groups excluding carboxylic acids is 1. The van der Waals surface area contributed by atoms with Crippen molar-refractivity contribution in [3.05, 3.63) is 24.0 Å². The van der Waals surface area contributed by atoms with E-state index < -0.39 is 11.9 Å². The first-order valence-corrected chi connectivity index (χ1v) is 6.61. The second-order valence-electron chi connectivity index (χ2n) is 4.17. The van der Waals surface area contributed by atoms with Crippen LogP contribution in [0.5, 0.6) is 5.75 Å². The maximum atomic E-state index is 11.4. The van der Waals surface area contributed by atoms with Crippen LogP contribution in [-0.2, 0) is 10.7 Å². The Hall–Kier alpha value is -1.75. The highest BCUT2D eigenvalue weighted by atomic mass is 35.5. The van der Waals surface area contributed by atoms with E-state index in [2.05, 4.69) is 4.98 Å². The van der Waals surface area contributed by atoms with E-state index in [0.29, 0.717) is 23.7 Å². The van der Waals surface area contributed by atoms with E-state index in [-0.39, 0.29) is 5.88 Å². The van der Waals surface area contributed by atoms with Crippen LogP contribution in [0.3, 0.4) is 0 Å². The van der Waals surface area contributed by atoms with Crippen LogP contribution in [0.25, 0.3) is 11.0 Å². The number of alkyl halides is 1. The number of carbonyl (C=O) groups is 1. The second-order valence-corrected chi connectivity index (χ2v) is 4.43. The minimum Gasteiger partial charge on any atom is -0.492 e. The Morgan fingerprint density at radius 2 is 2.32 bits per heavy atom. The molecule has 0 fully saturated rings. The summed E-state index contributed by atoms with van der Waals surface area (Å²) in [6, 6.07) is 5.07. The maximum Gasteiger partial charge on any atom is 0.240 e. The number of halogens is 1. The molecule has 0 bridgehead atoms. The fourth-order valence-electron chi connectivity index (χ4n) is 2.07. The number of fused-ring (bicyclic) bond motifs is 1. The van der Waals surface area contributed by atoms with Gasteiger partial charge < -0.3 is 15.0 Å². The van der Waals surface area contributed by atoms with Crippen molar-refractivity contribution in [2.45, 2.75) is 25.8 Å². The van der Waals surface area contributed by atoms with Gasteiger partial charge in [-0.1, -0.05) is 6.07 Å². The van der Waals surface area contributed by atoms with Crippen LogP contribution in [0, 0.1) is 0 Å². The molecule has 0 spiro atoms. The third-order valence-electron chi connectivity index (χ3n) is 2.97. The molecule has 1 unspecified atom stereocenters. The van der Waals surface area contributed by atoms with Gasteiger partial charge in [-0.15, -0.1) is 11.6 Å². The summed E-state index contributed by atoms with van der Waals surface area (Å²) in [7, 11) is 0. The number of aromatic nitrogens is 2. The molecule has 0 aliphatic carbocycles. The van der Waals surface area contributed by atoms with Crippen molar-refractivity contribution in [3.8, 4) is 5.75 Å². The molecule has 102 valence electrons. The third-order valence-corrected chi connectivity index (χ3v) is 3.21. The van der Waals surface area contributed by atoms with Gasteiger partial charge in [-0.3, -0.25) is 4.79 Å². The smallest absolute Gasteiger partial charge is 0.240 e. The molecule has 19 heavy (non-hydrogen) atoms. The molecular formula is C13H16ClN3O2. The summed E-state index contributed by atoms with van der Waals surface area (Å²) in [5.41, 5.74) is 6.88. The van der Waals surface area contributed by atoms with Crippen LogP contribution in [-0.4, -0.2) is 22.1 Å². The SMILES string of the molecule is CCOc1cccc2c1nc(CCl)n2C(C)C(N)=O. The van der Waals surface area contributed by atoms with Crippen molar-refractivity contribution in [2.75, 3.05) is 6.61 Å². The first kappa shape index (κ1) is 13.7. The monoisotopic (exact) mass is 281 g/mol. The number of hydrogen-bond acceptors (Lipinski definition) is 3. The molecule has 1 aromatic heterocycles. The number of primary amides is 1. The van der Waals surface area contributed by atoms with E-state index in [1.165, 1.54) is 0 Å². The van der Waals surface area contributed by atoms with E-state index in [1.807, 2.05) is 25.1 Å². The van der Waals surface area contributed by atoms with Crippen LogP contribution < -0.4 is 10.5 Å². The van der Waals surface area contributed by atoms with Gasteiger partial charge in [0.15, 0.2) is 0 Å². The summed E-state index contributed by atoms with van der Waals surface area (Å²) in [5, 5.41) is 0. The van der Waals surface area contributed by atoms with E-state index in [9.17, 15) is 4.79 Å². The zero-order valence-corrected chi connectivity index (χ0v) is 11.6. The predicted molar refractivity (Wildman–Crippen MR) is 74.4 cm³/mol. The molecule has 1 aromatic carbocycles. The lowest BCUT2D eigenvalue weighted by Gasteiger charge is -2.13. The largest absolute Gasteiger partial charge is 0.492 e. The molecule has 0 saturated carbocycles. The molecule has 0 saturated heterocycles. The van der Waals surface area contributed by atoms with E-state index in [0.717, 1.165) is 5.52 Å². The molecule has 1 atom stereocenters. The first-order valence-electron chi connectivity index (χ1n) is 6.08. The average molecular weight is 282 g/mol. The summed E-state index contributed by atoms with van der Waals surface area (Å²) >= 11 is 5.91. The number of rotatable bonds is 5. The molecule has 6 heteroatoms. The number of para-hydroxylation sites is 1. The quantitative estimate of drug-likeness (QED) is 0.854. The molecule has 1 heterocycles. The molecule has 2 rings (SSSR count). The van der Waals surface area contributed by atoms with Crippen molar-refractivity contribution in [1.29, 1.82) is 0 Å². The molecule has 2 aromatic rings. The Labute approximate surface area is 116 Å². The number of nitrogens with zero attached hydrogens (tertiary/aromatic N) is 2. The van der Waals surface area contributed by atoms with Gasteiger partial charge in [0.1, 0.15) is 23.1 Å². The summed E-state index contributed by atoms with van der Waals surface area (Å²) in [6.45, 7) is 4.19. The topological polar surface area (TPSA) is 70.1 Å². The highest BCUT2D eigenvalue weighted by molar-refractivity contribution is 6.17. The van der Waals surface area contributed by atoms with E-state index >= 15 is 0 Å². The van der Waals surface area contributed by atoms with Gasteiger partial charge in [0, 0.05) is 0 Å². The van der Waals surface area contributed by atoms with Crippen molar-refractivity contribution in [1.82, 2.24) is 9.55 Å². The normalized spacial score (nSPS) is 12.6. The lowest BCUT2D eigenvalue weighted by molar-refractivity contribution is -0.120. The van der Waals surface area contributed by atoms with Gasteiger partial charge >= 0.3 is 0 Å². The minimum atomic E-state index is -0.504. The van der Waals surface area contributed by atoms with Gasteiger partial charge in [0.2, 0.25) is 5.91 Å². The van der Waals surface area contributed by atoms with Crippen LogP contribution in [0.1, 0.15) is 25.7 Å². The number of imidazole rings is 1. The zero-order valence-electron chi connectivity index (χ0n) is 10.9. The molecule has 0 radical (unpaired) electrons. The van der Waals surface area contributed by atoms with Gasteiger partial charge in [-0.05, 0) is 26.0 Å². The number of benzene rings is 1. The highest BCUT2D eigenvalue weighted by Gasteiger charge is 2.20. The molecular weight excluding hydrogens is 266 g/mol. The minimum absolute atomic E-state index is 0.206. The predicted octanol–water partition coefficient (Wildman–Crippen LogP) is 2.22. The molecule has 0 aliphatic rings. The van der Waals surface area contributed by atoms with Gasteiger partial charge in [-0.2, -0.15) is 0 Å². The molecule has 1 amide bonds. The Morgan fingerprint density at radius 3 is 2.89 bits per heavy atom. The summed E-state index contributed by atoms with van der Waals surface area (Å²) in [4.78, 5) is 15.9. The number of nitrogens with two attached hydrogens (primary N) is 1. The van der Waals surface area contributed by atoms with Gasteiger partial charge in [0.05, 0.1) is 18.0 Å². The summed E-state index contributed by atoms with van der Waals surface area (Å²) in [6.07, 6.45) is 0. The summed E-state index contributed by atoms with van der Waals surface area (Å²) < 4.78 is 7.29. The van der Waals surface area contributed by atoms with Crippen LogP contribution in [0.15, 0.2) is 18.2 Å². The lowest BCUT2D eigenvalue weighted by Crippen LogP contribution is -2.25. The van der Waals surface area contributed by atoms with Crippen molar-refractivity contribution in [2.24, 2.45) is 5.73 Å². The van der Waals surface area contributed by atoms with E-state index in [4.69, 9.17) is 22.1 Å². The van der Waals surface area contributed by atoms with Crippen molar-refractivity contribution in [3.63, 3.8) is 0 Å². The first-order chi connectivity index (χ1) is 9.10. The third kappa shape index (κ3) is 2.38. The number of amides is 1. The molecule has 0 aliphatic heterocycles. The Balaban J connectivity index is 2.68. The Kier molecular flexibility index (Phi) is 3.95. The van der Waals surface area contributed by atoms with Gasteiger partial charge in [0.25, 0.3) is 0 Å². The molecule has 2 N–H and O–H groups in total. The average Bonchev–Trinajstić information content (AvgIpc) is 2.77. The maximum absolute atomic E-state index is 11.4. The number of hydrogen-bond donors (Lipinski definition) is 1. The summed E-state index contributed by atoms with van der Waals surface area (Å²) in [5.74, 6) is 1.07. The fourth-order valence-corrected chi connectivity index (χ4v) is 2.25. The highest BCUT2D eigenvalue weighted by Crippen LogP contribution is 2.29. The Bertz CT molecular complexity index is 609.